The van der Waals surface area contributed by atoms with Gasteiger partial charge in [-0.05, 0) is 26.8 Å². The van der Waals surface area contributed by atoms with Crippen molar-refractivity contribution >= 4 is 17.5 Å². The molecule has 0 aliphatic heterocycles. The van der Waals surface area contributed by atoms with E-state index in [1.54, 1.807) is 17.9 Å². The highest BCUT2D eigenvalue weighted by Crippen LogP contribution is 2.22. The number of esters is 1. The number of pyridine rings is 1. The number of hydrogen-bond acceptors (Lipinski definition) is 6. The van der Waals surface area contributed by atoms with Crippen molar-refractivity contribution in [1.29, 1.82) is 0 Å². The zero-order valence-electron chi connectivity index (χ0n) is 11.4. The lowest BCUT2D eigenvalue weighted by molar-refractivity contribution is -0.385. The summed E-state index contributed by atoms with van der Waals surface area (Å²) in [5.74, 6) is 0.134. The van der Waals surface area contributed by atoms with E-state index in [2.05, 4.69) is 9.72 Å². The van der Waals surface area contributed by atoms with Gasteiger partial charge in [0.25, 0.3) is 5.69 Å². The Labute approximate surface area is 111 Å². The van der Waals surface area contributed by atoms with Gasteiger partial charge in [-0.1, -0.05) is 0 Å². The molecule has 19 heavy (non-hydrogen) atoms. The van der Waals surface area contributed by atoms with Crippen LogP contribution in [0.25, 0.3) is 0 Å². The van der Waals surface area contributed by atoms with Crippen LogP contribution in [0.4, 0.5) is 11.5 Å². The number of carbonyl (C=O) groups excluding carboxylic acids is 1. The average Bonchev–Trinajstić information content (AvgIpc) is 2.34. The number of rotatable bonds is 5. The Bertz CT molecular complexity index is 488. The van der Waals surface area contributed by atoms with E-state index in [-0.39, 0.29) is 24.2 Å². The molecule has 0 aromatic carbocycles. The maximum Gasteiger partial charge on any atom is 0.325 e. The zero-order valence-corrected chi connectivity index (χ0v) is 11.4. The van der Waals surface area contributed by atoms with Crippen LogP contribution in [0.3, 0.4) is 0 Å². The summed E-state index contributed by atoms with van der Waals surface area (Å²) < 4.78 is 4.63. The van der Waals surface area contributed by atoms with Crippen molar-refractivity contribution in [2.24, 2.45) is 0 Å². The molecule has 1 aromatic rings. The lowest BCUT2D eigenvalue weighted by atomic mass is 10.2. The number of nitro groups is 1. The molecule has 0 amide bonds. The summed E-state index contributed by atoms with van der Waals surface area (Å²) in [6.45, 7) is 5.50. The first-order valence-corrected chi connectivity index (χ1v) is 5.81. The molecule has 1 rings (SSSR count). The van der Waals surface area contributed by atoms with Crippen molar-refractivity contribution in [1.82, 2.24) is 4.98 Å². The molecule has 0 fully saturated rings. The monoisotopic (exact) mass is 267 g/mol. The minimum Gasteiger partial charge on any atom is -0.468 e. The highest BCUT2D eigenvalue weighted by molar-refractivity contribution is 5.75. The van der Waals surface area contributed by atoms with Gasteiger partial charge < -0.3 is 9.64 Å². The van der Waals surface area contributed by atoms with E-state index in [9.17, 15) is 14.9 Å². The highest BCUT2D eigenvalue weighted by atomic mass is 16.6. The minimum atomic E-state index is -0.480. The highest BCUT2D eigenvalue weighted by Gasteiger charge is 2.19. The fourth-order valence-corrected chi connectivity index (χ4v) is 1.61. The summed E-state index contributed by atoms with van der Waals surface area (Å²) in [6.07, 6.45) is 1.21. The van der Waals surface area contributed by atoms with Crippen molar-refractivity contribution in [3.8, 4) is 0 Å². The Morgan fingerprint density at radius 2 is 2.21 bits per heavy atom. The molecule has 104 valence electrons. The van der Waals surface area contributed by atoms with Crippen LogP contribution in [0.15, 0.2) is 12.3 Å². The number of ether oxygens (including phenoxy) is 1. The zero-order chi connectivity index (χ0) is 14.6. The predicted octanol–water partition coefficient (Wildman–Crippen LogP) is 1.69. The van der Waals surface area contributed by atoms with Crippen molar-refractivity contribution in [3.05, 3.63) is 27.9 Å². The van der Waals surface area contributed by atoms with Crippen LogP contribution in [-0.4, -0.2) is 35.6 Å². The fraction of sp³-hybridized carbons (Fsp3) is 0.500. The summed E-state index contributed by atoms with van der Waals surface area (Å²) in [5, 5.41) is 10.7. The van der Waals surface area contributed by atoms with E-state index in [1.165, 1.54) is 13.3 Å². The quantitative estimate of drug-likeness (QED) is 0.458. The Balaban J connectivity index is 3.07. The van der Waals surface area contributed by atoms with Gasteiger partial charge in [0, 0.05) is 11.6 Å². The van der Waals surface area contributed by atoms with Crippen LogP contribution in [0.1, 0.15) is 19.4 Å². The molecule has 0 aliphatic carbocycles. The molecule has 0 bridgehead atoms. The van der Waals surface area contributed by atoms with Gasteiger partial charge in [0.1, 0.15) is 18.6 Å². The van der Waals surface area contributed by atoms with Gasteiger partial charge in [-0.15, -0.1) is 0 Å². The second-order valence-corrected chi connectivity index (χ2v) is 4.38. The van der Waals surface area contributed by atoms with E-state index in [4.69, 9.17) is 0 Å². The maximum atomic E-state index is 11.4. The molecular formula is C12H17N3O4. The maximum absolute atomic E-state index is 11.4. The van der Waals surface area contributed by atoms with Gasteiger partial charge in [-0.3, -0.25) is 14.9 Å². The first-order valence-electron chi connectivity index (χ1n) is 5.81. The molecule has 0 atom stereocenters. The number of aryl methyl sites for hydroxylation is 1. The van der Waals surface area contributed by atoms with Crippen LogP contribution >= 0.6 is 0 Å². The molecule has 0 N–H and O–H groups in total. The van der Waals surface area contributed by atoms with Gasteiger partial charge in [-0.25, -0.2) is 4.98 Å². The molecule has 0 aliphatic rings. The SMILES string of the molecule is COC(=O)CN(c1cc(C)c([N+](=O)[O-])cn1)C(C)C. The normalized spacial score (nSPS) is 10.4. The molecule has 7 heteroatoms. The van der Waals surface area contributed by atoms with Crippen molar-refractivity contribution in [3.63, 3.8) is 0 Å². The molecule has 0 unspecified atom stereocenters. The lowest BCUT2D eigenvalue weighted by Crippen LogP contribution is -2.36. The third-order valence-corrected chi connectivity index (χ3v) is 2.71. The smallest absolute Gasteiger partial charge is 0.325 e. The first-order chi connectivity index (χ1) is 8.86. The van der Waals surface area contributed by atoms with Crippen LogP contribution in [0.5, 0.6) is 0 Å². The predicted molar refractivity (Wildman–Crippen MR) is 70.1 cm³/mol. The second kappa shape index (κ2) is 6.12. The summed E-state index contributed by atoms with van der Waals surface area (Å²) in [4.78, 5) is 27.4. The Hall–Kier alpha value is -2.18. The van der Waals surface area contributed by atoms with E-state index >= 15 is 0 Å². The van der Waals surface area contributed by atoms with E-state index in [0.717, 1.165) is 0 Å². The largest absolute Gasteiger partial charge is 0.468 e. The van der Waals surface area contributed by atoms with Crippen molar-refractivity contribution in [2.75, 3.05) is 18.6 Å². The average molecular weight is 267 g/mol. The number of aromatic nitrogens is 1. The summed E-state index contributed by atoms with van der Waals surface area (Å²) in [6, 6.07) is 1.62. The van der Waals surface area contributed by atoms with Crippen LogP contribution in [-0.2, 0) is 9.53 Å². The summed E-state index contributed by atoms with van der Waals surface area (Å²) in [5.41, 5.74) is 0.469. The van der Waals surface area contributed by atoms with Gasteiger partial charge in [0.05, 0.1) is 12.0 Å². The van der Waals surface area contributed by atoms with Crippen LogP contribution in [0, 0.1) is 17.0 Å². The first kappa shape index (κ1) is 14.9. The number of hydrogen-bond donors (Lipinski definition) is 0. The molecule has 0 radical (unpaired) electrons. The van der Waals surface area contributed by atoms with Crippen LogP contribution < -0.4 is 4.90 Å². The van der Waals surface area contributed by atoms with E-state index in [1.807, 2.05) is 13.8 Å². The van der Waals surface area contributed by atoms with Crippen molar-refractivity contribution in [2.45, 2.75) is 26.8 Å². The molecular weight excluding hydrogens is 250 g/mol. The van der Waals surface area contributed by atoms with E-state index in [0.29, 0.717) is 11.4 Å². The third kappa shape index (κ3) is 3.64. The van der Waals surface area contributed by atoms with Gasteiger partial charge in [0.2, 0.25) is 0 Å². The number of nitrogens with zero attached hydrogens (tertiary/aromatic N) is 3. The lowest BCUT2D eigenvalue weighted by Gasteiger charge is -2.26. The van der Waals surface area contributed by atoms with Gasteiger partial charge in [0.15, 0.2) is 0 Å². The minimum absolute atomic E-state index is 0.0208. The summed E-state index contributed by atoms with van der Waals surface area (Å²) in [7, 11) is 1.31. The topological polar surface area (TPSA) is 85.6 Å². The number of methoxy groups -OCH3 is 1. The molecule has 0 saturated carbocycles. The Kier molecular flexibility index (Phi) is 4.80. The molecule has 1 aromatic heterocycles. The number of carbonyl (C=O) groups is 1. The Morgan fingerprint density at radius 1 is 1.58 bits per heavy atom. The Morgan fingerprint density at radius 3 is 2.63 bits per heavy atom. The molecule has 7 nitrogen and oxygen atoms in total. The van der Waals surface area contributed by atoms with Crippen molar-refractivity contribution < 1.29 is 14.5 Å². The molecule has 0 spiro atoms. The molecule has 0 saturated heterocycles. The van der Waals surface area contributed by atoms with Gasteiger partial charge >= 0.3 is 5.97 Å². The third-order valence-electron chi connectivity index (χ3n) is 2.71. The number of anilines is 1. The van der Waals surface area contributed by atoms with Gasteiger partial charge in [-0.2, -0.15) is 0 Å². The van der Waals surface area contributed by atoms with E-state index < -0.39 is 4.92 Å². The second-order valence-electron chi connectivity index (χ2n) is 4.38. The molecule has 1 heterocycles. The fourth-order valence-electron chi connectivity index (χ4n) is 1.61. The standard InChI is InChI=1S/C12H17N3O4/c1-8(2)14(7-12(16)19-4)11-5-9(3)10(6-13-11)15(17)18/h5-6,8H,7H2,1-4H3. The van der Waals surface area contributed by atoms with Crippen LogP contribution in [0.2, 0.25) is 0 Å². The summed E-state index contributed by atoms with van der Waals surface area (Å²) >= 11 is 0.